The Morgan fingerprint density at radius 2 is 1.87 bits per heavy atom. The van der Waals surface area contributed by atoms with E-state index in [-0.39, 0.29) is 0 Å². The summed E-state index contributed by atoms with van der Waals surface area (Å²) in [5.41, 5.74) is 0. The Morgan fingerprint density at radius 3 is 2.47 bits per heavy atom. The van der Waals surface area contributed by atoms with Gasteiger partial charge in [-0.2, -0.15) is 0 Å². The zero-order valence-corrected chi connectivity index (χ0v) is 9.37. The molecule has 0 saturated heterocycles. The first-order valence-electron chi connectivity index (χ1n) is 4.82. The molecule has 0 bridgehead atoms. The summed E-state index contributed by atoms with van der Waals surface area (Å²) in [5.74, 6) is 2.02. The topological polar surface area (TPSA) is 39.7 Å². The fraction of sp³-hybridized carbons (Fsp3) is 0.455. The van der Waals surface area contributed by atoms with Crippen LogP contribution in [0.25, 0.3) is 0 Å². The second kappa shape index (κ2) is 6.14. The van der Waals surface area contributed by atoms with E-state index in [4.69, 9.17) is 14.2 Å². The fourth-order valence-electron chi connectivity index (χ4n) is 1.23. The van der Waals surface area contributed by atoms with Gasteiger partial charge in [0.15, 0.2) is 11.5 Å². The van der Waals surface area contributed by atoms with Crippen molar-refractivity contribution in [3.63, 3.8) is 0 Å². The predicted molar refractivity (Wildman–Crippen MR) is 59.0 cm³/mol. The first-order valence-corrected chi connectivity index (χ1v) is 4.82. The van der Waals surface area contributed by atoms with Crippen LogP contribution >= 0.6 is 0 Å². The number of hydrogen-bond donors (Lipinski definition) is 1. The van der Waals surface area contributed by atoms with Crippen LogP contribution in [-0.4, -0.2) is 34.4 Å². The number of ether oxygens (including phenoxy) is 3. The zero-order chi connectivity index (χ0) is 11.1. The number of hydrogen-bond acceptors (Lipinski definition) is 4. The minimum atomic E-state index is 0.597. The van der Waals surface area contributed by atoms with Gasteiger partial charge in [0, 0.05) is 6.54 Å². The summed E-state index contributed by atoms with van der Waals surface area (Å²) in [6, 6.07) is 5.57. The molecule has 0 aliphatic rings. The van der Waals surface area contributed by atoms with Crippen molar-refractivity contribution in [3.05, 3.63) is 18.2 Å². The minimum absolute atomic E-state index is 0.597. The summed E-state index contributed by atoms with van der Waals surface area (Å²) in [4.78, 5) is 0. The van der Waals surface area contributed by atoms with E-state index in [1.165, 1.54) is 0 Å². The number of rotatable bonds is 6. The van der Waals surface area contributed by atoms with Crippen LogP contribution in [0.15, 0.2) is 18.2 Å². The Kier molecular flexibility index (Phi) is 4.77. The van der Waals surface area contributed by atoms with Gasteiger partial charge in [0.1, 0.15) is 6.61 Å². The Hall–Kier alpha value is -1.42. The maximum absolute atomic E-state index is 5.54. The monoisotopic (exact) mass is 211 g/mol. The third-order valence-electron chi connectivity index (χ3n) is 1.98. The van der Waals surface area contributed by atoms with Gasteiger partial charge in [-0.15, -0.1) is 0 Å². The SMILES string of the molecule is CNCCOc1cccc(OC)c1OC. The molecule has 4 heteroatoms. The highest BCUT2D eigenvalue weighted by molar-refractivity contribution is 5.50. The molecule has 1 N–H and O–H groups in total. The summed E-state index contributed by atoms with van der Waals surface area (Å²) in [6.45, 7) is 1.39. The van der Waals surface area contributed by atoms with Crippen LogP contribution in [0, 0.1) is 0 Å². The highest BCUT2D eigenvalue weighted by atomic mass is 16.5. The first-order chi connectivity index (χ1) is 7.33. The molecule has 0 aliphatic heterocycles. The second-order valence-corrected chi connectivity index (χ2v) is 2.94. The Morgan fingerprint density at radius 1 is 1.13 bits per heavy atom. The van der Waals surface area contributed by atoms with Crippen molar-refractivity contribution in [3.8, 4) is 17.2 Å². The molecule has 0 fully saturated rings. The molecular formula is C11H17NO3. The van der Waals surface area contributed by atoms with Gasteiger partial charge in [0.05, 0.1) is 14.2 Å². The van der Waals surface area contributed by atoms with Crippen LogP contribution in [0.5, 0.6) is 17.2 Å². The quantitative estimate of drug-likeness (QED) is 0.720. The van der Waals surface area contributed by atoms with Crippen molar-refractivity contribution in [2.45, 2.75) is 0 Å². The molecule has 0 aromatic heterocycles. The molecule has 84 valence electrons. The molecule has 1 rings (SSSR count). The van der Waals surface area contributed by atoms with Crippen molar-refractivity contribution >= 4 is 0 Å². The Balaban J connectivity index is 2.76. The molecule has 0 atom stereocenters. The van der Waals surface area contributed by atoms with E-state index in [1.807, 2.05) is 25.2 Å². The molecule has 4 nitrogen and oxygen atoms in total. The summed E-state index contributed by atoms with van der Waals surface area (Å²) in [5, 5.41) is 3.01. The molecular weight excluding hydrogens is 194 g/mol. The van der Waals surface area contributed by atoms with Gasteiger partial charge in [0.2, 0.25) is 5.75 Å². The van der Waals surface area contributed by atoms with E-state index in [1.54, 1.807) is 14.2 Å². The first kappa shape index (κ1) is 11.7. The van der Waals surface area contributed by atoms with Gasteiger partial charge >= 0.3 is 0 Å². The van der Waals surface area contributed by atoms with Crippen molar-refractivity contribution < 1.29 is 14.2 Å². The molecule has 1 aromatic carbocycles. The number of benzene rings is 1. The van der Waals surface area contributed by atoms with Gasteiger partial charge in [0.25, 0.3) is 0 Å². The second-order valence-electron chi connectivity index (χ2n) is 2.94. The molecule has 0 spiro atoms. The standard InChI is InChI=1S/C11H17NO3/c1-12-7-8-15-10-6-4-5-9(13-2)11(10)14-3/h4-6,12H,7-8H2,1-3H3. The summed E-state index contributed by atoms with van der Waals surface area (Å²) >= 11 is 0. The largest absolute Gasteiger partial charge is 0.493 e. The molecule has 0 radical (unpaired) electrons. The highest BCUT2D eigenvalue weighted by Gasteiger charge is 2.09. The zero-order valence-electron chi connectivity index (χ0n) is 9.37. The van der Waals surface area contributed by atoms with Crippen LogP contribution in [0.1, 0.15) is 0 Å². The predicted octanol–water partition coefficient (Wildman–Crippen LogP) is 1.30. The van der Waals surface area contributed by atoms with E-state index in [0.29, 0.717) is 23.9 Å². The lowest BCUT2D eigenvalue weighted by Crippen LogP contribution is -2.16. The maximum atomic E-state index is 5.54. The smallest absolute Gasteiger partial charge is 0.203 e. The van der Waals surface area contributed by atoms with Crippen molar-refractivity contribution in [2.24, 2.45) is 0 Å². The lowest BCUT2D eigenvalue weighted by molar-refractivity contribution is 0.285. The number of methoxy groups -OCH3 is 2. The third-order valence-corrected chi connectivity index (χ3v) is 1.98. The maximum Gasteiger partial charge on any atom is 0.203 e. The van der Waals surface area contributed by atoms with Gasteiger partial charge in [-0.25, -0.2) is 0 Å². The van der Waals surface area contributed by atoms with Crippen LogP contribution < -0.4 is 19.5 Å². The normalized spacial score (nSPS) is 9.80. The fourth-order valence-corrected chi connectivity index (χ4v) is 1.23. The average Bonchev–Trinajstić information content (AvgIpc) is 2.29. The lowest BCUT2D eigenvalue weighted by Gasteiger charge is -2.13. The summed E-state index contributed by atoms with van der Waals surface area (Å²) in [6.07, 6.45) is 0. The lowest BCUT2D eigenvalue weighted by atomic mass is 10.3. The average molecular weight is 211 g/mol. The van der Waals surface area contributed by atoms with Crippen molar-refractivity contribution in [2.75, 3.05) is 34.4 Å². The minimum Gasteiger partial charge on any atom is -0.493 e. The molecule has 15 heavy (non-hydrogen) atoms. The highest BCUT2D eigenvalue weighted by Crippen LogP contribution is 2.36. The van der Waals surface area contributed by atoms with Crippen LogP contribution in [-0.2, 0) is 0 Å². The van der Waals surface area contributed by atoms with Crippen molar-refractivity contribution in [1.29, 1.82) is 0 Å². The molecule has 0 amide bonds. The Bertz CT molecular complexity index is 302. The third kappa shape index (κ3) is 3.02. The number of nitrogens with one attached hydrogen (secondary N) is 1. The summed E-state index contributed by atoms with van der Waals surface area (Å²) < 4.78 is 15.9. The molecule has 1 aromatic rings. The number of likely N-dealkylation sites (N-methyl/N-ethyl adjacent to an activating group) is 1. The van der Waals surface area contributed by atoms with Crippen molar-refractivity contribution in [1.82, 2.24) is 5.32 Å². The van der Waals surface area contributed by atoms with E-state index < -0.39 is 0 Å². The van der Waals surface area contributed by atoms with Crippen LogP contribution in [0.3, 0.4) is 0 Å². The molecule has 0 heterocycles. The van der Waals surface area contributed by atoms with Gasteiger partial charge < -0.3 is 19.5 Å². The van der Waals surface area contributed by atoms with Gasteiger partial charge in [-0.1, -0.05) is 6.07 Å². The van der Waals surface area contributed by atoms with Gasteiger partial charge in [-0.3, -0.25) is 0 Å². The van der Waals surface area contributed by atoms with E-state index in [9.17, 15) is 0 Å². The molecule has 0 saturated carbocycles. The Labute approximate surface area is 90.1 Å². The van der Waals surface area contributed by atoms with E-state index in [0.717, 1.165) is 6.54 Å². The van der Waals surface area contributed by atoms with E-state index in [2.05, 4.69) is 5.32 Å². The van der Waals surface area contributed by atoms with Gasteiger partial charge in [-0.05, 0) is 19.2 Å². The van der Waals surface area contributed by atoms with Crippen LogP contribution in [0.2, 0.25) is 0 Å². The summed E-state index contributed by atoms with van der Waals surface area (Å²) in [7, 11) is 5.09. The number of para-hydroxylation sites is 1. The molecule has 0 aliphatic carbocycles. The molecule has 0 unspecified atom stereocenters. The van der Waals surface area contributed by atoms with Crippen LogP contribution in [0.4, 0.5) is 0 Å². The van der Waals surface area contributed by atoms with E-state index >= 15 is 0 Å².